The van der Waals surface area contributed by atoms with Crippen molar-refractivity contribution in [1.82, 2.24) is 4.98 Å². The van der Waals surface area contributed by atoms with Gasteiger partial charge in [0.2, 0.25) is 0 Å². The molecule has 0 aliphatic carbocycles. The van der Waals surface area contributed by atoms with E-state index in [0.717, 1.165) is 0 Å². The quantitative estimate of drug-likeness (QED) is 0.881. The second-order valence-corrected chi connectivity index (χ2v) is 5.33. The van der Waals surface area contributed by atoms with Gasteiger partial charge in [0, 0.05) is 12.3 Å². The van der Waals surface area contributed by atoms with Gasteiger partial charge in [-0.2, -0.15) is 0 Å². The Balaban J connectivity index is 2.13. The Morgan fingerprint density at radius 1 is 1.41 bits per heavy atom. The zero-order valence-corrected chi connectivity index (χ0v) is 11.1. The number of hydrogen-bond acceptors (Lipinski definition) is 5. The summed E-state index contributed by atoms with van der Waals surface area (Å²) in [6, 6.07) is 1.66. The van der Waals surface area contributed by atoms with Crippen LogP contribution in [0, 0.1) is 0 Å². The number of thiazole rings is 1. The van der Waals surface area contributed by atoms with E-state index in [1.807, 2.05) is 0 Å². The molecule has 2 heterocycles. The minimum absolute atomic E-state index is 0.129. The van der Waals surface area contributed by atoms with E-state index in [-0.39, 0.29) is 11.7 Å². The van der Waals surface area contributed by atoms with Crippen molar-refractivity contribution in [3.05, 3.63) is 32.4 Å². The molecular formula is C10H7ClN2O2S2. The number of ketones is 1. The van der Waals surface area contributed by atoms with Gasteiger partial charge in [0.15, 0.2) is 10.9 Å². The maximum atomic E-state index is 11.8. The number of halogens is 1. The van der Waals surface area contributed by atoms with Gasteiger partial charge in [-0.05, 0) is 11.4 Å². The molecule has 0 saturated carbocycles. The van der Waals surface area contributed by atoms with Crippen LogP contribution in [0.2, 0.25) is 5.02 Å². The molecule has 7 heteroatoms. The van der Waals surface area contributed by atoms with Crippen LogP contribution >= 0.6 is 34.3 Å². The summed E-state index contributed by atoms with van der Waals surface area (Å²) in [5.74, 6) is -0.439. The van der Waals surface area contributed by atoms with E-state index in [1.54, 1.807) is 16.8 Å². The van der Waals surface area contributed by atoms with Gasteiger partial charge in [-0.25, -0.2) is 4.98 Å². The normalized spacial score (nSPS) is 10.2. The molecule has 2 aromatic rings. The molecule has 0 bridgehead atoms. The van der Waals surface area contributed by atoms with E-state index in [1.165, 1.54) is 29.6 Å². The summed E-state index contributed by atoms with van der Waals surface area (Å²) in [6.45, 7) is 1.43. The number of nitrogens with zero attached hydrogens (tertiary/aromatic N) is 1. The first kappa shape index (κ1) is 12.2. The minimum Gasteiger partial charge on any atom is -0.297 e. The van der Waals surface area contributed by atoms with E-state index in [9.17, 15) is 9.59 Å². The summed E-state index contributed by atoms with van der Waals surface area (Å²) in [7, 11) is 0. The fraction of sp³-hybridized carbons (Fsp3) is 0.100. The summed E-state index contributed by atoms with van der Waals surface area (Å²) < 4.78 is 0. The van der Waals surface area contributed by atoms with E-state index in [4.69, 9.17) is 11.6 Å². The summed E-state index contributed by atoms with van der Waals surface area (Å²) in [6.07, 6.45) is 0. The van der Waals surface area contributed by atoms with Crippen LogP contribution in [0.15, 0.2) is 16.8 Å². The van der Waals surface area contributed by atoms with Crippen LogP contribution in [-0.2, 0) is 0 Å². The van der Waals surface area contributed by atoms with Crippen molar-refractivity contribution in [3.63, 3.8) is 0 Å². The topological polar surface area (TPSA) is 59.1 Å². The standard InChI is InChI=1S/C10H7ClN2O2S2/c1-5(14)7-4-17-10(12-7)13-9(15)8-6(11)2-3-16-8/h2-4H,1H3,(H,12,13,15). The molecular weight excluding hydrogens is 280 g/mol. The number of nitrogens with one attached hydrogen (secondary N) is 1. The molecule has 0 saturated heterocycles. The molecule has 88 valence electrons. The number of carbonyl (C=O) groups excluding carboxylic acids is 2. The number of rotatable bonds is 3. The van der Waals surface area contributed by atoms with Crippen molar-refractivity contribution < 1.29 is 9.59 Å². The van der Waals surface area contributed by atoms with Crippen molar-refractivity contribution in [2.45, 2.75) is 6.92 Å². The number of amides is 1. The number of thiophene rings is 1. The maximum absolute atomic E-state index is 11.8. The Bertz CT molecular complexity index is 576. The molecule has 0 radical (unpaired) electrons. The molecule has 0 spiro atoms. The van der Waals surface area contributed by atoms with E-state index >= 15 is 0 Å². The predicted octanol–water partition coefficient (Wildman–Crippen LogP) is 3.31. The second kappa shape index (κ2) is 4.95. The van der Waals surface area contributed by atoms with Crippen LogP contribution in [-0.4, -0.2) is 16.7 Å². The van der Waals surface area contributed by atoms with Crippen LogP contribution < -0.4 is 5.32 Å². The highest BCUT2D eigenvalue weighted by atomic mass is 35.5. The lowest BCUT2D eigenvalue weighted by molar-refractivity contribution is 0.100. The van der Waals surface area contributed by atoms with Crippen molar-refractivity contribution in [3.8, 4) is 0 Å². The first-order chi connectivity index (χ1) is 8.08. The molecule has 17 heavy (non-hydrogen) atoms. The maximum Gasteiger partial charge on any atom is 0.269 e. The average Bonchev–Trinajstić information content (AvgIpc) is 2.86. The van der Waals surface area contributed by atoms with Crippen LogP contribution in [0.25, 0.3) is 0 Å². The number of hydrogen-bond donors (Lipinski definition) is 1. The third kappa shape index (κ3) is 2.71. The SMILES string of the molecule is CC(=O)c1csc(NC(=O)c2sccc2Cl)n1. The second-order valence-electron chi connectivity index (χ2n) is 3.15. The zero-order valence-electron chi connectivity index (χ0n) is 8.69. The predicted molar refractivity (Wildman–Crippen MR) is 69.4 cm³/mol. The fourth-order valence-electron chi connectivity index (χ4n) is 1.10. The third-order valence-electron chi connectivity index (χ3n) is 1.91. The summed E-state index contributed by atoms with van der Waals surface area (Å²) in [5, 5.41) is 6.75. The molecule has 0 aliphatic heterocycles. The first-order valence-corrected chi connectivity index (χ1v) is 6.72. The monoisotopic (exact) mass is 286 g/mol. The highest BCUT2D eigenvalue weighted by molar-refractivity contribution is 7.15. The van der Waals surface area contributed by atoms with Crippen molar-refractivity contribution in [2.75, 3.05) is 5.32 Å². The lowest BCUT2D eigenvalue weighted by Gasteiger charge is -1.98. The lowest BCUT2D eigenvalue weighted by atomic mass is 10.4. The molecule has 2 rings (SSSR count). The van der Waals surface area contributed by atoms with E-state index in [2.05, 4.69) is 10.3 Å². The van der Waals surface area contributed by atoms with Crippen molar-refractivity contribution >= 4 is 51.1 Å². The molecule has 4 nitrogen and oxygen atoms in total. The van der Waals surface area contributed by atoms with Crippen LogP contribution in [0.5, 0.6) is 0 Å². The number of carbonyl (C=O) groups is 2. The molecule has 0 aliphatic rings. The zero-order chi connectivity index (χ0) is 12.4. The summed E-state index contributed by atoms with van der Waals surface area (Å²) >= 11 is 8.30. The van der Waals surface area contributed by atoms with E-state index < -0.39 is 0 Å². The molecule has 0 aromatic carbocycles. The number of Topliss-reactive ketones (excluding diaryl/α,β-unsaturated/α-hetero) is 1. The largest absolute Gasteiger partial charge is 0.297 e. The van der Waals surface area contributed by atoms with Gasteiger partial charge in [-0.1, -0.05) is 11.6 Å². The Hall–Kier alpha value is -1.24. The lowest BCUT2D eigenvalue weighted by Crippen LogP contribution is -2.10. The van der Waals surface area contributed by atoms with Gasteiger partial charge in [-0.3, -0.25) is 14.9 Å². The van der Waals surface area contributed by atoms with Gasteiger partial charge in [0.1, 0.15) is 10.6 Å². The summed E-state index contributed by atoms with van der Waals surface area (Å²) in [5.41, 5.74) is 0.350. The molecule has 0 unspecified atom stereocenters. The molecule has 0 fully saturated rings. The fourth-order valence-corrected chi connectivity index (χ4v) is 2.88. The first-order valence-electron chi connectivity index (χ1n) is 4.58. The molecule has 1 amide bonds. The Morgan fingerprint density at radius 3 is 2.71 bits per heavy atom. The van der Waals surface area contributed by atoms with Crippen LogP contribution in [0.3, 0.4) is 0 Å². The summed E-state index contributed by atoms with van der Waals surface area (Å²) in [4.78, 5) is 27.2. The third-order valence-corrected chi connectivity index (χ3v) is 4.01. The average molecular weight is 287 g/mol. The Kier molecular flexibility index (Phi) is 3.56. The van der Waals surface area contributed by atoms with Crippen LogP contribution in [0.4, 0.5) is 5.13 Å². The highest BCUT2D eigenvalue weighted by Crippen LogP contribution is 2.24. The molecule has 1 N–H and O–H groups in total. The van der Waals surface area contributed by atoms with Crippen molar-refractivity contribution in [1.29, 1.82) is 0 Å². The highest BCUT2D eigenvalue weighted by Gasteiger charge is 2.14. The number of aromatic nitrogens is 1. The molecule has 2 aromatic heterocycles. The van der Waals surface area contributed by atoms with Crippen molar-refractivity contribution in [2.24, 2.45) is 0 Å². The Labute approximate surface area is 110 Å². The Morgan fingerprint density at radius 2 is 2.18 bits per heavy atom. The van der Waals surface area contributed by atoms with Gasteiger partial charge in [-0.15, -0.1) is 22.7 Å². The van der Waals surface area contributed by atoms with Gasteiger partial charge < -0.3 is 0 Å². The smallest absolute Gasteiger partial charge is 0.269 e. The van der Waals surface area contributed by atoms with Gasteiger partial charge in [0.25, 0.3) is 5.91 Å². The molecule has 0 atom stereocenters. The van der Waals surface area contributed by atoms with Crippen LogP contribution in [0.1, 0.15) is 27.1 Å². The minimum atomic E-state index is -0.311. The van der Waals surface area contributed by atoms with Gasteiger partial charge >= 0.3 is 0 Å². The van der Waals surface area contributed by atoms with Gasteiger partial charge in [0.05, 0.1) is 5.02 Å². The van der Waals surface area contributed by atoms with E-state index in [0.29, 0.717) is 20.7 Å². The number of anilines is 1.